The van der Waals surface area contributed by atoms with Crippen molar-refractivity contribution in [2.24, 2.45) is 5.92 Å². The van der Waals surface area contributed by atoms with E-state index in [0.29, 0.717) is 5.56 Å². The van der Waals surface area contributed by atoms with Crippen molar-refractivity contribution in [1.82, 2.24) is 15.5 Å². The van der Waals surface area contributed by atoms with Gasteiger partial charge in [0.2, 0.25) is 5.91 Å². The van der Waals surface area contributed by atoms with Gasteiger partial charge >= 0.3 is 6.03 Å². The molecule has 1 fully saturated rings. The van der Waals surface area contributed by atoms with Gasteiger partial charge in [-0.3, -0.25) is 14.5 Å². The van der Waals surface area contributed by atoms with Gasteiger partial charge in [-0.05, 0) is 41.3 Å². The van der Waals surface area contributed by atoms with Gasteiger partial charge in [-0.15, -0.1) is 0 Å². The van der Waals surface area contributed by atoms with Crippen LogP contribution in [0.2, 0.25) is 0 Å². The second-order valence-electron chi connectivity index (χ2n) is 7.08. The Morgan fingerprint density at radius 2 is 1.75 bits per heavy atom. The molecule has 0 saturated carbocycles. The van der Waals surface area contributed by atoms with Crippen LogP contribution in [0.25, 0.3) is 0 Å². The third kappa shape index (κ3) is 4.36. The van der Waals surface area contributed by atoms with Crippen LogP contribution in [0.4, 0.5) is 9.18 Å². The van der Waals surface area contributed by atoms with Crippen molar-refractivity contribution in [1.29, 1.82) is 0 Å². The Bertz CT molecular complexity index is 863. The van der Waals surface area contributed by atoms with Gasteiger partial charge in [-0.2, -0.15) is 0 Å². The lowest BCUT2D eigenvalue weighted by Gasteiger charge is -2.23. The lowest BCUT2D eigenvalue weighted by molar-refractivity contribution is -0.125. The molecule has 2 aromatic carbocycles. The van der Waals surface area contributed by atoms with Crippen LogP contribution in [0.5, 0.6) is 0 Å². The normalized spacial score (nSPS) is 14.9. The smallest absolute Gasteiger partial charge is 0.324 e. The highest BCUT2D eigenvalue weighted by molar-refractivity contribution is 6.01. The highest BCUT2D eigenvalue weighted by Gasteiger charge is 2.28. The number of imide groups is 1. The van der Waals surface area contributed by atoms with E-state index >= 15 is 0 Å². The van der Waals surface area contributed by atoms with Crippen LogP contribution in [0.3, 0.4) is 0 Å². The van der Waals surface area contributed by atoms with Crippen molar-refractivity contribution in [2.45, 2.75) is 26.4 Å². The number of amides is 4. The minimum atomic E-state index is -0.411. The standard InChI is InChI=1S/C21H22FN3O3/c1-13(2)19(15-7-9-17(22)10-8-15)24-20(27)16-5-3-14(4-6-16)12-25-18(26)11-23-21(25)28/h3-10,13,19H,11-12H2,1-2H3,(H,23,28)(H,24,27)/t19-/m0/s1. The number of benzene rings is 2. The summed E-state index contributed by atoms with van der Waals surface area (Å²) in [6, 6.07) is 12.2. The molecule has 7 heteroatoms. The maximum absolute atomic E-state index is 13.2. The Labute approximate surface area is 162 Å². The molecule has 1 aliphatic heterocycles. The number of nitrogens with zero attached hydrogens (tertiary/aromatic N) is 1. The molecule has 1 heterocycles. The third-order valence-electron chi connectivity index (χ3n) is 4.68. The lowest BCUT2D eigenvalue weighted by atomic mass is 9.95. The fraction of sp³-hybridized carbons (Fsp3) is 0.286. The van der Waals surface area contributed by atoms with Gasteiger partial charge in [0.1, 0.15) is 5.82 Å². The van der Waals surface area contributed by atoms with E-state index in [2.05, 4.69) is 10.6 Å². The molecule has 28 heavy (non-hydrogen) atoms. The van der Waals surface area contributed by atoms with Crippen LogP contribution in [-0.4, -0.2) is 29.3 Å². The van der Waals surface area contributed by atoms with Crippen molar-refractivity contribution < 1.29 is 18.8 Å². The summed E-state index contributed by atoms with van der Waals surface area (Å²) < 4.78 is 13.2. The van der Waals surface area contributed by atoms with Gasteiger partial charge in [-0.1, -0.05) is 38.1 Å². The molecular formula is C21H22FN3O3. The molecule has 6 nitrogen and oxygen atoms in total. The SMILES string of the molecule is CC(C)[C@H](NC(=O)c1ccc(CN2C(=O)CNC2=O)cc1)c1ccc(F)cc1. The molecule has 0 spiro atoms. The molecular weight excluding hydrogens is 361 g/mol. The number of halogens is 1. The Kier molecular flexibility index (Phi) is 5.73. The van der Waals surface area contributed by atoms with E-state index < -0.39 is 6.03 Å². The molecule has 0 bridgehead atoms. The monoisotopic (exact) mass is 383 g/mol. The van der Waals surface area contributed by atoms with Gasteiger partial charge in [0, 0.05) is 5.56 Å². The number of urea groups is 1. The summed E-state index contributed by atoms with van der Waals surface area (Å²) in [5.41, 5.74) is 2.05. The first-order valence-corrected chi connectivity index (χ1v) is 9.08. The molecule has 1 atom stereocenters. The molecule has 0 unspecified atom stereocenters. The summed E-state index contributed by atoms with van der Waals surface area (Å²) in [6.45, 7) is 4.14. The van der Waals surface area contributed by atoms with Crippen molar-refractivity contribution in [3.8, 4) is 0 Å². The molecule has 4 amide bonds. The Balaban J connectivity index is 1.68. The average molecular weight is 383 g/mol. The maximum Gasteiger partial charge on any atom is 0.324 e. The maximum atomic E-state index is 13.2. The molecule has 1 saturated heterocycles. The highest BCUT2D eigenvalue weighted by atomic mass is 19.1. The molecule has 2 N–H and O–H groups in total. The second kappa shape index (κ2) is 8.21. The Morgan fingerprint density at radius 1 is 1.11 bits per heavy atom. The van der Waals surface area contributed by atoms with Crippen LogP contribution in [0.15, 0.2) is 48.5 Å². The number of hydrogen-bond acceptors (Lipinski definition) is 3. The van der Waals surface area contributed by atoms with Gasteiger partial charge in [0.25, 0.3) is 5.91 Å². The zero-order chi connectivity index (χ0) is 20.3. The van der Waals surface area contributed by atoms with Crippen molar-refractivity contribution in [3.63, 3.8) is 0 Å². The molecule has 2 aromatic rings. The van der Waals surface area contributed by atoms with Gasteiger partial charge in [0.05, 0.1) is 19.1 Å². The van der Waals surface area contributed by atoms with E-state index in [4.69, 9.17) is 0 Å². The summed E-state index contributed by atoms with van der Waals surface area (Å²) in [4.78, 5) is 37.1. The predicted octanol–water partition coefficient (Wildman–Crippen LogP) is 3.00. The summed E-state index contributed by atoms with van der Waals surface area (Å²) >= 11 is 0. The minimum absolute atomic E-state index is 0.0132. The van der Waals surface area contributed by atoms with Crippen molar-refractivity contribution in [3.05, 3.63) is 71.0 Å². The number of carbonyl (C=O) groups is 3. The molecule has 146 valence electrons. The van der Waals surface area contributed by atoms with Crippen LogP contribution in [0.1, 0.15) is 41.4 Å². The van der Waals surface area contributed by atoms with E-state index in [0.717, 1.165) is 16.0 Å². The first-order chi connectivity index (χ1) is 13.3. The molecule has 0 radical (unpaired) electrons. The van der Waals surface area contributed by atoms with Gasteiger partial charge in [0.15, 0.2) is 0 Å². The topological polar surface area (TPSA) is 78.5 Å². The Morgan fingerprint density at radius 3 is 2.29 bits per heavy atom. The highest BCUT2D eigenvalue weighted by Crippen LogP contribution is 2.22. The van der Waals surface area contributed by atoms with E-state index in [1.54, 1.807) is 36.4 Å². The largest absolute Gasteiger partial charge is 0.345 e. The Hall–Kier alpha value is -3.22. The first kappa shape index (κ1) is 19.5. The first-order valence-electron chi connectivity index (χ1n) is 9.08. The van der Waals surface area contributed by atoms with Crippen molar-refractivity contribution >= 4 is 17.8 Å². The second-order valence-corrected chi connectivity index (χ2v) is 7.08. The van der Waals surface area contributed by atoms with E-state index in [1.807, 2.05) is 13.8 Å². The molecule has 1 aliphatic rings. The van der Waals surface area contributed by atoms with Gasteiger partial charge in [-0.25, -0.2) is 9.18 Å². The number of nitrogens with one attached hydrogen (secondary N) is 2. The van der Waals surface area contributed by atoms with E-state index in [1.165, 1.54) is 12.1 Å². The number of rotatable bonds is 6. The summed E-state index contributed by atoms with van der Waals surface area (Å²) in [5, 5.41) is 5.46. The van der Waals surface area contributed by atoms with Crippen LogP contribution < -0.4 is 10.6 Å². The quantitative estimate of drug-likeness (QED) is 0.753. The lowest BCUT2D eigenvalue weighted by Crippen LogP contribution is -2.32. The van der Waals surface area contributed by atoms with E-state index in [9.17, 15) is 18.8 Å². The van der Waals surface area contributed by atoms with Gasteiger partial charge < -0.3 is 10.6 Å². The molecule has 0 aliphatic carbocycles. The zero-order valence-corrected chi connectivity index (χ0v) is 15.7. The minimum Gasteiger partial charge on any atom is -0.345 e. The average Bonchev–Trinajstić information content (AvgIpc) is 2.99. The number of hydrogen-bond donors (Lipinski definition) is 2. The summed E-state index contributed by atoms with van der Waals surface area (Å²) in [6.07, 6.45) is 0. The fourth-order valence-corrected chi connectivity index (χ4v) is 3.09. The summed E-state index contributed by atoms with van der Waals surface area (Å²) in [5.74, 6) is -0.720. The number of carbonyl (C=O) groups excluding carboxylic acids is 3. The predicted molar refractivity (Wildman–Crippen MR) is 102 cm³/mol. The summed E-state index contributed by atoms with van der Waals surface area (Å²) in [7, 11) is 0. The molecule has 0 aromatic heterocycles. The van der Waals surface area contributed by atoms with E-state index in [-0.39, 0.29) is 42.7 Å². The third-order valence-corrected chi connectivity index (χ3v) is 4.68. The van der Waals surface area contributed by atoms with Crippen LogP contribution >= 0.6 is 0 Å². The fourth-order valence-electron chi connectivity index (χ4n) is 3.09. The van der Waals surface area contributed by atoms with Crippen LogP contribution in [-0.2, 0) is 11.3 Å². The van der Waals surface area contributed by atoms with Crippen molar-refractivity contribution in [2.75, 3.05) is 6.54 Å². The zero-order valence-electron chi connectivity index (χ0n) is 15.7. The molecule has 3 rings (SSSR count). The van der Waals surface area contributed by atoms with Crippen LogP contribution in [0, 0.1) is 11.7 Å².